The molecule has 0 heterocycles. The smallest absolute Gasteiger partial charge is 2.00 e. The van der Waals surface area contributed by atoms with Crippen LogP contribution in [0, 0.1) is 41.3 Å². The van der Waals surface area contributed by atoms with Crippen LogP contribution in [-0.2, 0) is 5.48 Å². The number of hydrogen-bond acceptors (Lipinski definition) is 1. The predicted molar refractivity (Wildman–Crippen MR) is 13.5 cm³/mol. The van der Waals surface area contributed by atoms with Crippen LogP contribution in [0.15, 0.2) is 0 Å². The molecule has 40 valence electrons. The van der Waals surface area contributed by atoms with Crippen molar-refractivity contribution >= 4 is 0 Å². The molecule has 0 aromatic heterocycles. The third-order valence-corrected chi connectivity index (χ3v) is 0. The van der Waals surface area contributed by atoms with Crippen molar-refractivity contribution in [2.24, 2.45) is 0 Å². The minimum Gasteiger partial charge on any atom is -2.00 e. The molecule has 0 rings (SSSR count). The third kappa shape index (κ3) is 66.1. The Labute approximate surface area is 68.2 Å². The minimum atomic E-state index is 0. The quantitative estimate of drug-likeness (QED) is 0.432. The Balaban J connectivity index is 0. The molecule has 0 aliphatic heterocycles. The second kappa shape index (κ2) is 121. The van der Waals surface area contributed by atoms with Gasteiger partial charge in [0.1, 0.15) is 0 Å². The Morgan fingerprint density at radius 3 is 0.667 bits per heavy atom. The van der Waals surface area contributed by atoms with Crippen LogP contribution in [0.25, 0.3) is 0 Å². The maximum atomic E-state index is 0. The van der Waals surface area contributed by atoms with Gasteiger partial charge in [0.25, 0.3) is 0 Å². The molecule has 5 nitrogen and oxygen atoms in total. The molecule has 0 saturated carbocycles. The summed E-state index contributed by atoms with van der Waals surface area (Å²) < 4.78 is 0. The van der Waals surface area contributed by atoms with Crippen molar-refractivity contribution in [3.8, 4) is 0 Å². The SMILES string of the molecule is O.O.O.[O-2].[OH-].[Pr+3]. The largest absolute Gasteiger partial charge is 3.00 e. The van der Waals surface area contributed by atoms with Gasteiger partial charge in [0, 0.05) is 0 Å². The van der Waals surface area contributed by atoms with Crippen LogP contribution in [0.2, 0.25) is 0 Å². The molecule has 0 aromatic rings. The first-order valence-electron chi connectivity index (χ1n) is 0. The zero-order valence-electron chi connectivity index (χ0n) is 2.93. The summed E-state index contributed by atoms with van der Waals surface area (Å²) in [5.41, 5.74) is 0. The van der Waals surface area contributed by atoms with E-state index >= 15 is 0 Å². The molecule has 0 aromatic carbocycles. The first-order chi connectivity index (χ1) is 0. The molecular weight excluding hydrogens is 221 g/mol. The van der Waals surface area contributed by atoms with Crippen LogP contribution >= 0.6 is 0 Å². The molecule has 0 unspecified atom stereocenters. The van der Waals surface area contributed by atoms with Gasteiger partial charge in [0.05, 0.1) is 0 Å². The molecule has 0 fully saturated rings. The van der Waals surface area contributed by atoms with Gasteiger partial charge >= 0.3 is 41.3 Å². The van der Waals surface area contributed by atoms with Crippen molar-refractivity contribution in [2.75, 3.05) is 0 Å². The van der Waals surface area contributed by atoms with Gasteiger partial charge in [0.2, 0.25) is 0 Å². The Kier molecular flexibility index (Phi) is 4070. The van der Waals surface area contributed by atoms with Gasteiger partial charge in [-0.15, -0.1) is 0 Å². The van der Waals surface area contributed by atoms with E-state index < -0.39 is 0 Å². The third-order valence-electron chi connectivity index (χ3n) is 0. The van der Waals surface area contributed by atoms with E-state index in [-0.39, 0.29) is 68.7 Å². The fourth-order valence-electron chi connectivity index (χ4n) is 0. The molecule has 0 aliphatic carbocycles. The first-order valence-corrected chi connectivity index (χ1v) is 0. The van der Waals surface area contributed by atoms with Gasteiger partial charge < -0.3 is 27.4 Å². The van der Waals surface area contributed by atoms with Crippen LogP contribution in [0.1, 0.15) is 0 Å². The van der Waals surface area contributed by atoms with Crippen molar-refractivity contribution in [1.82, 2.24) is 0 Å². The number of rotatable bonds is 0. The summed E-state index contributed by atoms with van der Waals surface area (Å²) >= 11 is 0. The molecule has 6 heavy (non-hydrogen) atoms. The Morgan fingerprint density at radius 1 is 0.667 bits per heavy atom. The maximum Gasteiger partial charge on any atom is 3.00 e. The van der Waals surface area contributed by atoms with Gasteiger partial charge in [-0.2, -0.15) is 0 Å². The molecule has 0 amide bonds. The Hall–Kier alpha value is 1.16. The minimum absolute atomic E-state index is 0. The van der Waals surface area contributed by atoms with Crippen molar-refractivity contribution in [2.45, 2.75) is 0 Å². The van der Waals surface area contributed by atoms with Gasteiger partial charge in [0.15, 0.2) is 0 Å². The van der Waals surface area contributed by atoms with E-state index in [4.69, 9.17) is 0 Å². The van der Waals surface area contributed by atoms with E-state index in [1.54, 1.807) is 0 Å². The van der Waals surface area contributed by atoms with Crippen LogP contribution in [0.4, 0.5) is 0 Å². The fourth-order valence-corrected chi connectivity index (χ4v) is 0. The molecule has 0 aliphatic rings. The van der Waals surface area contributed by atoms with Crippen molar-refractivity contribution in [3.63, 3.8) is 0 Å². The first kappa shape index (κ1) is 201. The molecule has 0 atom stereocenters. The number of hydrogen-bond donors (Lipinski definition) is 0. The molecule has 0 spiro atoms. The summed E-state index contributed by atoms with van der Waals surface area (Å²) in [5, 5.41) is 0. The predicted octanol–water partition coefficient (Wildman–Crippen LogP) is -2.77. The molecule has 6 heteroatoms. The summed E-state index contributed by atoms with van der Waals surface area (Å²) in [7, 11) is 0. The van der Waals surface area contributed by atoms with E-state index in [9.17, 15) is 0 Å². The summed E-state index contributed by atoms with van der Waals surface area (Å²) in [6, 6.07) is 0. The molecule has 7 N–H and O–H groups in total. The molecule has 0 bridgehead atoms. The van der Waals surface area contributed by atoms with E-state index in [1.807, 2.05) is 0 Å². The summed E-state index contributed by atoms with van der Waals surface area (Å²) in [4.78, 5) is 0. The van der Waals surface area contributed by atoms with Crippen LogP contribution in [0.5, 0.6) is 0 Å². The van der Waals surface area contributed by atoms with E-state index in [1.165, 1.54) is 0 Å². The van der Waals surface area contributed by atoms with Crippen molar-refractivity contribution < 1.29 is 68.7 Å². The van der Waals surface area contributed by atoms with Crippen molar-refractivity contribution in [1.29, 1.82) is 0 Å². The Bertz CT molecular complexity index is 3.90. The molecular formula is H7O5Pr. The topological polar surface area (TPSA) is 153 Å². The average molecular weight is 228 g/mol. The normalized spacial score (nSPS) is 0. The average Bonchev–Trinajstić information content (AvgIpc) is 0. The monoisotopic (exact) mass is 228 g/mol. The van der Waals surface area contributed by atoms with E-state index in [2.05, 4.69) is 0 Å². The maximum absolute atomic E-state index is 0. The van der Waals surface area contributed by atoms with Gasteiger partial charge in [-0.25, -0.2) is 0 Å². The van der Waals surface area contributed by atoms with Gasteiger partial charge in [-0.05, 0) is 0 Å². The van der Waals surface area contributed by atoms with E-state index in [0.717, 1.165) is 0 Å². The van der Waals surface area contributed by atoms with Gasteiger partial charge in [-0.1, -0.05) is 0 Å². The summed E-state index contributed by atoms with van der Waals surface area (Å²) in [6.07, 6.45) is 0. The molecule has 0 radical (unpaired) electrons. The summed E-state index contributed by atoms with van der Waals surface area (Å²) in [6.45, 7) is 0. The zero-order chi connectivity index (χ0) is 0. The van der Waals surface area contributed by atoms with Gasteiger partial charge in [-0.3, -0.25) is 0 Å². The molecule has 0 saturated heterocycles. The zero-order valence-corrected chi connectivity index (χ0v) is 6.64. The van der Waals surface area contributed by atoms with Crippen LogP contribution in [0.3, 0.4) is 0 Å². The fraction of sp³-hybridized carbons (Fsp3) is 0. The second-order valence-corrected chi connectivity index (χ2v) is 0. The second-order valence-electron chi connectivity index (χ2n) is 0. The van der Waals surface area contributed by atoms with E-state index in [0.29, 0.717) is 0 Å². The standard InChI is InChI=1S/4H2O.O.Pr/h4*1H2;;/q;;;;-2;+3/p-1. The van der Waals surface area contributed by atoms with Crippen LogP contribution in [-0.4, -0.2) is 21.9 Å². The summed E-state index contributed by atoms with van der Waals surface area (Å²) in [5.74, 6) is 0. The van der Waals surface area contributed by atoms with Crippen molar-refractivity contribution in [3.05, 3.63) is 0 Å². The van der Waals surface area contributed by atoms with Crippen LogP contribution < -0.4 is 0 Å². The Morgan fingerprint density at radius 2 is 0.667 bits per heavy atom.